The first-order valence-electron chi connectivity index (χ1n) is 7.74. The minimum absolute atomic E-state index is 0.0557. The second-order valence-electron chi connectivity index (χ2n) is 5.84. The maximum Gasteiger partial charge on any atom is 0.228 e. The topological polar surface area (TPSA) is 54.3 Å². The predicted octanol–water partition coefficient (Wildman–Crippen LogP) is 3.52. The maximum absolute atomic E-state index is 12.3. The van der Waals surface area contributed by atoms with E-state index in [-0.39, 0.29) is 11.8 Å². The van der Waals surface area contributed by atoms with Crippen molar-refractivity contribution in [2.24, 2.45) is 5.92 Å². The monoisotopic (exact) mass is 294 g/mol. The first-order chi connectivity index (χ1) is 10.8. The molecule has 1 fully saturated rings. The van der Waals surface area contributed by atoms with E-state index in [1.165, 1.54) is 0 Å². The van der Waals surface area contributed by atoms with Gasteiger partial charge in [0.15, 0.2) is 0 Å². The fraction of sp³-hybridized carbons (Fsp3) is 0.278. The Morgan fingerprint density at radius 2 is 2.00 bits per heavy atom. The van der Waals surface area contributed by atoms with Crippen molar-refractivity contribution < 1.29 is 9.21 Å². The third-order valence-electron chi connectivity index (χ3n) is 4.31. The van der Waals surface area contributed by atoms with Gasteiger partial charge in [0.2, 0.25) is 5.91 Å². The summed E-state index contributed by atoms with van der Waals surface area (Å²) in [4.78, 5) is 12.3. The van der Waals surface area contributed by atoms with Gasteiger partial charge in [-0.05, 0) is 37.6 Å². The highest BCUT2D eigenvalue weighted by molar-refractivity contribution is 6.06. The van der Waals surface area contributed by atoms with E-state index in [2.05, 4.69) is 10.6 Å². The number of carbonyl (C=O) groups is 1. The van der Waals surface area contributed by atoms with Crippen LogP contribution in [0.4, 0.5) is 5.69 Å². The van der Waals surface area contributed by atoms with Crippen molar-refractivity contribution in [3.63, 3.8) is 0 Å². The Morgan fingerprint density at radius 1 is 1.14 bits per heavy atom. The van der Waals surface area contributed by atoms with Crippen molar-refractivity contribution in [2.45, 2.75) is 12.8 Å². The van der Waals surface area contributed by atoms with Crippen molar-refractivity contribution in [3.05, 3.63) is 42.5 Å². The van der Waals surface area contributed by atoms with Crippen LogP contribution >= 0.6 is 0 Å². The molecule has 4 heteroatoms. The van der Waals surface area contributed by atoms with Crippen LogP contribution in [0.1, 0.15) is 12.8 Å². The lowest BCUT2D eigenvalue weighted by Crippen LogP contribution is -2.37. The van der Waals surface area contributed by atoms with Gasteiger partial charge in [0.05, 0.1) is 5.92 Å². The van der Waals surface area contributed by atoms with Gasteiger partial charge >= 0.3 is 0 Å². The second-order valence-corrected chi connectivity index (χ2v) is 5.84. The third kappa shape index (κ3) is 2.35. The fourth-order valence-electron chi connectivity index (χ4n) is 3.12. The number of anilines is 1. The number of amides is 1. The Labute approximate surface area is 128 Å². The first-order valence-corrected chi connectivity index (χ1v) is 7.74. The van der Waals surface area contributed by atoms with Crippen LogP contribution in [0.15, 0.2) is 46.9 Å². The molecule has 0 spiro atoms. The quantitative estimate of drug-likeness (QED) is 0.760. The molecular formula is C18H18N2O2. The van der Waals surface area contributed by atoms with Crippen molar-refractivity contribution in [1.82, 2.24) is 5.32 Å². The second kappa shape index (κ2) is 5.46. The third-order valence-corrected chi connectivity index (χ3v) is 4.31. The van der Waals surface area contributed by atoms with E-state index in [0.717, 1.165) is 53.6 Å². The molecule has 0 saturated carbocycles. The van der Waals surface area contributed by atoms with Gasteiger partial charge in [-0.2, -0.15) is 0 Å². The van der Waals surface area contributed by atoms with Gasteiger partial charge in [-0.25, -0.2) is 0 Å². The standard InChI is InChI=1S/C18H18N2O2/c21-18(12-4-3-9-19-11-12)20-13-7-8-15-14-5-1-2-6-16(14)22-17(15)10-13/h1-2,5-8,10,12,19H,3-4,9,11H2,(H,20,21). The smallest absolute Gasteiger partial charge is 0.228 e. The lowest BCUT2D eigenvalue weighted by atomic mass is 9.99. The van der Waals surface area contributed by atoms with Gasteiger partial charge in [-0.1, -0.05) is 18.2 Å². The number of furan rings is 1. The van der Waals surface area contributed by atoms with E-state index in [0.29, 0.717) is 0 Å². The van der Waals surface area contributed by atoms with E-state index < -0.39 is 0 Å². The van der Waals surface area contributed by atoms with Crippen molar-refractivity contribution >= 4 is 33.5 Å². The lowest BCUT2D eigenvalue weighted by Gasteiger charge is -2.21. The molecule has 4 nitrogen and oxygen atoms in total. The molecule has 22 heavy (non-hydrogen) atoms. The number of benzene rings is 2. The molecular weight excluding hydrogens is 276 g/mol. The highest BCUT2D eigenvalue weighted by Crippen LogP contribution is 2.30. The van der Waals surface area contributed by atoms with E-state index in [1.54, 1.807) is 0 Å². The van der Waals surface area contributed by atoms with Crippen molar-refractivity contribution in [3.8, 4) is 0 Å². The van der Waals surface area contributed by atoms with Crippen molar-refractivity contribution in [2.75, 3.05) is 18.4 Å². The molecule has 2 aromatic carbocycles. The van der Waals surface area contributed by atoms with Crippen molar-refractivity contribution in [1.29, 1.82) is 0 Å². The molecule has 1 atom stereocenters. The Hall–Kier alpha value is -2.33. The zero-order valence-electron chi connectivity index (χ0n) is 12.3. The molecule has 0 aliphatic carbocycles. The zero-order chi connectivity index (χ0) is 14.9. The Balaban J connectivity index is 1.62. The number of hydrogen-bond acceptors (Lipinski definition) is 3. The van der Waals surface area contributed by atoms with Crippen LogP contribution in [0.3, 0.4) is 0 Å². The zero-order valence-corrected chi connectivity index (χ0v) is 12.3. The SMILES string of the molecule is O=C(Nc1ccc2c(c1)oc1ccccc12)C1CCCNC1. The first kappa shape index (κ1) is 13.3. The number of piperidine rings is 1. The average molecular weight is 294 g/mol. The van der Waals surface area contributed by atoms with Crippen LogP contribution in [0.2, 0.25) is 0 Å². The molecule has 0 radical (unpaired) electrons. The van der Waals surface area contributed by atoms with Crippen LogP contribution in [0.5, 0.6) is 0 Å². The molecule has 2 N–H and O–H groups in total. The summed E-state index contributed by atoms with van der Waals surface area (Å²) in [6.07, 6.45) is 2.01. The van der Waals surface area contributed by atoms with Gasteiger partial charge in [-0.3, -0.25) is 4.79 Å². The van der Waals surface area contributed by atoms with Gasteiger partial charge in [-0.15, -0.1) is 0 Å². The summed E-state index contributed by atoms with van der Waals surface area (Å²) in [6.45, 7) is 1.77. The fourth-order valence-corrected chi connectivity index (χ4v) is 3.12. The summed E-state index contributed by atoms with van der Waals surface area (Å²) < 4.78 is 5.86. The Bertz CT molecular complexity index is 831. The molecule has 1 saturated heterocycles. The number of fused-ring (bicyclic) bond motifs is 3. The molecule has 1 unspecified atom stereocenters. The summed E-state index contributed by atoms with van der Waals surface area (Å²) in [7, 11) is 0. The highest BCUT2D eigenvalue weighted by Gasteiger charge is 2.21. The normalized spacial score (nSPS) is 18.6. The largest absolute Gasteiger partial charge is 0.456 e. The number of hydrogen-bond donors (Lipinski definition) is 2. The molecule has 1 amide bonds. The summed E-state index contributed by atoms with van der Waals surface area (Å²) in [5.74, 6) is 0.141. The van der Waals surface area contributed by atoms with Crippen LogP contribution in [-0.4, -0.2) is 19.0 Å². The van der Waals surface area contributed by atoms with Gasteiger partial charge in [0.1, 0.15) is 11.2 Å². The van der Waals surface area contributed by atoms with E-state index in [1.807, 2.05) is 42.5 Å². The lowest BCUT2D eigenvalue weighted by molar-refractivity contribution is -0.120. The van der Waals surface area contributed by atoms with Gasteiger partial charge < -0.3 is 15.1 Å². The number of para-hydroxylation sites is 1. The molecule has 0 bridgehead atoms. The predicted molar refractivity (Wildman–Crippen MR) is 87.9 cm³/mol. The van der Waals surface area contributed by atoms with Gasteiger partial charge in [0, 0.05) is 29.1 Å². The molecule has 1 aliphatic heterocycles. The minimum atomic E-state index is 0.0557. The Kier molecular flexibility index (Phi) is 3.31. The van der Waals surface area contributed by atoms with Crippen LogP contribution in [0.25, 0.3) is 21.9 Å². The van der Waals surface area contributed by atoms with E-state index >= 15 is 0 Å². The number of carbonyl (C=O) groups excluding carboxylic acids is 1. The van der Waals surface area contributed by atoms with Crippen LogP contribution in [0, 0.1) is 5.92 Å². The van der Waals surface area contributed by atoms with E-state index in [9.17, 15) is 4.79 Å². The summed E-state index contributed by atoms with van der Waals surface area (Å²) in [5, 5.41) is 8.46. The molecule has 4 rings (SSSR count). The van der Waals surface area contributed by atoms with Crippen LogP contribution < -0.4 is 10.6 Å². The number of rotatable bonds is 2. The molecule has 1 aromatic heterocycles. The van der Waals surface area contributed by atoms with Crippen LogP contribution in [-0.2, 0) is 4.79 Å². The summed E-state index contributed by atoms with van der Waals surface area (Å²) in [5.41, 5.74) is 2.47. The minimum Gasteiger partial charge on any atom is -0.456 e. The molecule has 1 aliphatic rings. The Morgan fingerprint density at radius 3 is 2.86 bits per heavy atom. The van der Waals surface area contributed by atoms with E-state index in [4.69, 9.17) is 4.42 Å². The number of nitrogens with one attached hydrogen (secondary N) is 2. The molecule has 2 heterocycles. The summed E-state index contributed by atoms with van der Waals surface area (Å²) in [6, 6.07) is 13.8. The molecule has 112 valence electrons. The molecule has 3 aromatic rings. The average Bonchev–Trinajstić information content (AvgIpc) is 2.93. The van der Waals surface area contributed by atoms with Gasteiger partial charge in [0.25, 0.3) is 0 Å². The maximum atomic E-state index is 12.3. The highest BCUT2D eigenvalue weighted by atomic mass is 16.3. The summed E-state index contributed by atoms with van der Waals surface area (Å²) >= 11 is 0.